The molecular weight excluding hydrogens is 254 g/mol. The summed E-state index contributed by atoms with van der Waals surface area (Å²) >= 11 is 0. The van der Waals surface area contributed by atoms with Crippen molar-refractivity contribution in [2.24, 2.45) is 0 Å². The Morgan fingerprint density at radius 2 is 2.05 bits per heavy atom. The topological polar surface area (TPSA) is 65.5 Å². The van der Waals surface area contributed by atoms with Gasteiger partial charge < -0.3 is 15.3 Å². The molecule has 5 nitrogen and oxygen atoms in total. The number of aliphatic hydroxyl groups is 1. The van der Waals surface area contributed by atoms with Crippen molar-refractivity contribution in [1.82, 2.24) is 9.88 Å². The molecule has 1 amide bonds. The van der Waals surface area contributed by atoms with Gasteiger partial charge in [0.05, 0.1) is 6.10 Å². The maximum atomic E-state index is 12.4. The minimum atomic E-state index is -0.401. The van der Waals surface area contributed by atoms with Crippen LogP contribution in [0.1, 0.15) is 49.2 Å². The highest BCUT2D eigenvalue weighted by Crippen LogP contribution is 2.18. The van der Waals surface area contributed by atoms with Gasteiger partial charge in [0.1, 0.15) is 5.82 Å². The van der Waals surface area contributed by atoms with Gasteiger partial charge in [0.15, 0.2) is 0 Å². The SMILES string of the molecule is CNc1cc(C(=O)N(C)CCC(C)O)cc(C(C)C)n1. The number of rotatable bonds is 6. The first-order chi connectivity index (χ1) is 9.35. The highest BCUT2D eigenvalue weighted by atomic mass is 16.3. The molecule has 2 N–H and O–H groups in total. The van der Waals surface area contributed by atoms with Crippen molar-refractivity contribution < 1.29 is 9.90 Å². The molecule has 0 aliphatic heterocycles. The number of hydrogen-bond donors (Lipinski definition) is 2. The van der Waals surface area contributed by atoms with Crippen LogP contribution in [0.15, 0.2) is 12.1 Å². The Morgan fingerprint density at radius 3 is 2.55 bits per heavy atom. The van der Waals surface area contributed by atoms with Gasteiger partial charge in [-0.1, -0.05) is 13.8 Å². The highest BCUT2D eigenvalue weighted by molar-refractivity contribution is 5.94. The monoisotopic (exact) mass is 279 g/mol. The van der Waals surface area contributed by atoms with Crippen molar-refractivity contribution in [3.8, 4) is 0 Å². The molecule has 5 heteroatoms. The molecule has 1 aromatic rings. The molecule has 0 radical (unpaired) electrons. The van der Waals surface area contributed by atoms with E-state index >= 15 is 0 Å². The average molecular weight is 279 g/mol. The number of aromatic nitrogens is 1. The number of amides is 1. The van der Waals surface area contributed by atoms with E-state index in [9.17, 15) is 9.90 Å². The number of aliphatic hydroxyl groups excluding tert-OH is 1. The van der Waals surface area contributed by atoms with Crippen LogP contribution in [0.2, 0.25) is 0 Å². The fraction of sp³-hybridized carbons (Fsp3) is 0.600. The van der Waals surface area contributed by atoms with Gasteiger partial charge in [-0.3, -0.25) is 4.79 Å². The third-order valence-electron chi connectivity index (χ3n) is 3.17. The van der Waals surface area contributed by atoms with Crippen LogP contribution in [0.25, 0.3) is 0 Å². The molecule has 1 unspecified atom stereocenters. The summed E-state index contributed by atoms with van der Waals surface area (Å²) in [6, 6.07) is 3.60. The van der Waals surface area contributed by atoms with E-state index < -0.39 is 6.10 Å². The first kappa shape index (κ1) is 16.4. The van der Waals surface area contributed by atoms with E-state index in [2.05, 4.69) is 10.3 Å². The van der Waals surface area contributed by atoms with Crippen LogP contribution in [0.5, 0.6) is 0 Å². The lowest BCUT2D eigenvalue weighted by Crippen LogP contribution is -2.29. The van der Waals surface area contributed by atoms with Crippen LogP contribution < -0.4 is 5.32 Å². The smallest absolute Gasteiger partial charge is 0.253 e. The van der Waals surface area contributed by atoms with Gasteiger partial charge in [0.2, 0.25) is 0 Å². The predicted molar refractivity (Wildman–Crippen MR) is 81.1 cm³/mol. The third kappa shape index (κ3) is 4.49. The van der Waals surface area contributed by atoms with Crippen molar-refractivity contribution in [1.29, 1.82) is 0 Å². The summed E-state index contributed by atoms with van der Waals surface area (Å²) in [5.41, 5.74) is 1.52. The summed E-state index contributed by atoms with van der Waals surface area (Å²) in [4.78, 5) is 18.5. The minimum absolute atomic E-state index is 0.0496. The summed E-state index contributed by atoms with van der Waals surface area (Å²) in [7, 11) is 3.54. The molecule has 0 aromatic carbocycles. The lowest BCUT2D eigenvalue weighted by atomic mass is 10.1. The Kier molecular flexibility index (Phi) is 5.95. The Bertz CT molecular complexity index is 458. The summed E-state index contributed by atoms with van der Waals surface area (Å²) < 4.78 is 0. The molecule has 1 aromatic heterocycles. The van der Waals surface area contributed by atoms with Crippen LogP contribution in [0.3, 0.4) is 0 Å². The number of carbonyl (C=O) groups is 1. The maximum absolute atomic E-state index is 12.4. The van der Waals surface area contributed by atoms with Crippen LogP contribution in [-0.2, 0) is 0 Å². The lowest BCUT2D eigenvalue weighted by molar-refractivity contribution is 0.0768. The quantitative estimate of drug-likeness (QED) is 0.837. The largest absolute Gasteiger partial charge is 0.393 e. The number of pyridine rings is 1. The molecule has 0 aliphatic carbocycles. The van der Waals surface area contributed by atoms with E-state index in [4.69, 9.17) is 0 Å². The Hall–Kier alpha value is -1.62. The molecule has 0 bridgehead atoms. The summed E-state index contributed by atoms with van der Waals surface area (Å²) in [6.07, 6.45) is 0.172. The zero-order valence-corrected chi connectivity index (χ0v) is 13.0. The fourth-order valence-corrected chi connectivity index (χ4v) is 1.80. The molecular formula is C15H25N3O2. The second-order valence-corrected chi connectivity index (χ2v) is 5.44. The van der Waals surface area contributed by atoms with Gasteiger partial charge in [0, 0.05) is 31.9 Å². The molecule has 1 heterocycles. The number of nitrogens with one attached hydrogen (secondary N) is 1. The number of nitrogens with zero attached hydrogens (tertiary/aromatic N) is 2. The molecule has 0 aliphatic rings. The van der Waals surface area contributed by atoms with Crippen molar-refractivity contribution in [2.75, 3.05) is 26.0 Å². The van der Waals surface area contributed by atoms with E-state index in [1.165, 1.54) is 0 Å². The van der Waals surface area contributed by atoms with Gasteiger partial charge in [-0.25, -0.2) is 4.98 Å². The van der Waals surface area contributed by atoms with Gasteiger partial charge in [-0.05, 0) is 31.4 Å². The maximum Gasteiger partial charge on any atom is 0.253 e. The molecule has 0 saturated heterocycles. The molecule has 112 valence electrons. The summed E-state index contributed by atoms with van der Waals surface area (Å²) in [5, 5.41) is 12.3. The summed E-state index contributed by atoms with van der Waals surface area (Å²) in [6.45, 7) is 6.35. The van der Waals surface area contributed by atoms with Gasteiger partial charge in [-0.15, -0.1) is 0 Å². The van der Waals surface area contributed by atoms with Crippen molar-refractivity contribution in [3.05, 3.63) is 23.4 Å². The zero-order chi connectivity index (χ0) is 15.3. The second-order valence-electron chi connectivity index (χ2n) is 5.44. The molecule has 0 saturated carbocycles. The van der Waals surface area contributed by atoms with Crippen LogP contribution >= 0.6 is 0 Å². The van der Waals surface area contributed by atoms with E-state index in [1.54, 1.807) is 32.0 Å². The Labute approximate surface area is 121 Å². The first-order valence-electron chi connectivity index (χ1n) is 6.98. The van der Waals surface area contributed by atoms with Crippen LogP contribution in [-0.4, -0.2) is 47.6 Å². The van der Waals surface area contributed by atoms with Crippen molar-refractivity contribution in [3.63, 3.8) is 0 Å². The van der Waals surface area contributed by atoms with Crippen molar-refractivity contribution in [2.45, 2.75) is 39.2 Å². The van der Waals surface area contributed by atoms with Crippen LogP contribution in [0.4, 0.5) is 5.82 Å². The number of hydrogen-bond acceptors (Lipinski definition) is 4. The van der Waals surface area contributed by atoms with E-state index in [1.807, 2.05) is 19.9 Å². The third-order valence-corrected chi connectivity index (χ3v) is 3.17. The van der Waals surface area contributed by atoms with E-state index in [0.29, 0.717) is 24.3 Å². The zero-order valence-electron chi connectivity index (χ0n) is 13.0. The van der Waals surface area contributed by atoms with Crippen molar-refractivity contribution >= 4 is 11.7 Å². The normalized spacial score (nSPS) is 12.3. The number of carbonyl (C=O) groups excluding carboxylic acids is 1. The van der Waals surface area contributed by atoms with Crippen LogP contribution in [0, 0.1) is 0 Å². The van der Waals surface area contributed by atoms with Gasteiger partial charge in [0.25, 0.3) is 5.91 Å². The predicted octanol–water partition coefficient (Wildman–Crippen LogP) is 2.09. The van der Waals surface area contributed by atoms with Gasteiger partial charge in [-0.2, -0.15) is 0 Å². The first-order valence-corrected chi connectivity index (χ1v) is 6.98. The lowest BCUT2D eigenvalue weighted by Gasteiger charge is -2.19. The van der Waals surface area contributed by atoms with Gasteiger partial charge >= 0.3 is 0 Å². The minimum Gasteiger partial charge on any atom is -0.393 e. The molecule has 20 heavy (non-hydrogen) atoms. The van der Waals surface area contributed by atoms with E-state index in [-0.39, 0.29) is 11.8 Å². The standard InChI is InChI=1S/C15H25N3O2/c1-10(2)13-8-12(9-14(16-4)17-13)15(20)18(5)7-6-11(3)19/h8-11,19H,6-7H2,1-5H3,(H,16,17). The molecule has 1 atom stereocenters. The van der Waals surface area contributed by atoms with E-state index in [0.717, 1.165) is 5.69 Å². The molecule has 0 fully saturated rings. The molecule has 1 rings (SSSR count). The second kappa shape index (κ2) is 7.24. The Balaban J connectivity index is 2.93. The Morgan fingerprint density at radius 1 is 1.40 bits per heavy atom. The highest BCUT2D eigenvalue weighted by Gasteiger charge is 2.15. The summed E-state index contributed by atoms with van der Waals surface area (Å²) in [5.74, 6) is 0.910. The molecule has 0 spiro atoms. The fourth-order valence-electron chi connectivity index (χ4n) is 1.80. The average Bonchev–Trinajstić information content (AvgIpc) is 2.43. The number of anilines is 1.